The van der Waals surface area contributed by atoms with Gasteiger partial charge in [-0.15, -0.1) is 0 Å². The third kappa shape index (κ3) is 11.0. The number of carbonyl (C=O) groups excluding carboxylic acids is 3. The number of fused-ring (bicyclic) bond motifs is 1. The Balaban J connectivity index is 0.830. The van der Waals surface area contributed by atoms with Gasteiger partial charge in [-0.25, -0.2) is 4.79 Å². The maximum Gasteiger partial charge on any atom is 0.347 e. The zero-order valence-electron chi connectivity index (χ0n) is 37.6. The number of rotatable bonds is 16. The maximum absolute atomic E-state index is 14.0. The maximum atomic E-state index is 14.0. The van der Waals surface area contributed by atoms with Gasteiger partial charge >= 0.3 is 5.97 Å². The van der Waals surface area contributed by atoms with Crippen LogP contribution in [-0.2, 0) is 33.0 Å². The summed E-state index contributed by atoms with van der Waals surface area (Å²) in [7, 11) is 0. The number of nitrogens with zero attached hydrogens (tertiary/aromatic N) is 2. The van der Waals surface area contributed by atoms with Crippen molar-refractivity contribution >= 4 is 34.3 Å². The molecule has 13 heteroatoms. The molecule has 2 amide bonds. The number of ether oxygens (including phenoxy) is 1. The first kappa shape index (κ1) is 46.6. The molecule has 6 aromatic rings. The summed E-state index contributed by atoms with van der Waals surface area (Å²) < 4.78 is 5.95. The van der Waals surface area contributed by atoms with Gasteiger partial charge in [-0.1, -0.05) is 103 Å². The van der Waals surface area contributed by atoms with Gasteiger partial charge in [0.15, 0.2) is 0 Å². The molecule has 67 heavy (non-hydrogen) atoms. The van der Waals surface area contributed by atoms with Gasteiger partial charge < -0.3 is 40.6 Å². The predicted octanol–water partition coefficient (Wildman–Crippen LogP) is 6.18. The number of nitrogens with one attached hydrogen (secondary N) is 3. The molecule has 0 spiro atoms. The molecule has 2 aliphatic heterocycles. The predicted molar refractivity (Wildman–Crippen MR) is 257 cm³/mol. The number of likely N-dealkylation sites (tertiary alicyclic amines) is 1. The SMILES string of the molecule is C[C@@H](NC(=O)c1ccc(CNC[C@H](O)c2ccc(O)c3[nH]c(=O)ccc23)cc1)C(=O)N1CC=C(c2cccc([C@](O)(C(=O)OCC3CCN(Cc4ccccc4)CC3)c3ccccc3)c2)CC1. The molecule has 0 saturated carbocycles. The Kier molecular flexibility index (Phi) is 14.7. The zero-order valence-corrected chi connectivity index (χ0v) is 37.6. The van der Waals surface area contributed by atoms with Crippen LogP contribution in [0.5, 0.6) is 5.75 Å². The van der Waals surface area contributed by atoms with Crippen molar-refractivity contribution in [3.63, 3.8) is 0 Å². The molecule has 0 bridgehead atoms. The number of phenolic OH excluding ortho intramolecular Hbond substituents is 1. The lowest BCUT2D eigenvalue weighted by Gasteiger charge is -2.33. The summed E-state index contributed by atoms with van der Waals surface area (Å²) in [6.45, 7) is 5.96. The van der Waals surface area contributed by atoms with Gasteiger partial charge in [0.1, 0.15) is 11.8 Å². The fourth-order valence-electron chi connectivity index (χ4n) is 9.01. The highest BCUT2D eigenvalue weighted by Crippen LogP contribution is 2.35. The number of phenols is 1. The third-order valence-electron chi connectivity index (χ3n) is 12.9. The number of pyridine rings is 1. The minimum absolute atomic E-state index is 0.0783. The van der Waals surface area contributed by atoms with E-state index in [2.05, 4.69) is 44.8 Å². The third-order valence-corrected chi connectivity index (χ3v) is 12.9. The molecule has 3 atom stereocenters. The van der Waals surface area contributed by atoms with E-state index in [0.29, 0.717) is 53.7 Å². The Bertz CT molecular complexity index is 2770. The normalized spacial score (nSPS) is 16.4. The summed E-state index contributed by atoms with van der Waals surface area (Å²) in [5.74, 6) is -1.19. The minimum atomic E-state index is -2.03. The molecule has 0 aliphatic carbocycles. The van der Waals surface area contributed by atoms with E-state index >= 15 is 0 Å². The Labute approximate surface area is 389 Å². The van der Waals surface area contributed by atoms with Crippen molar-refractivity contribution in [2.45, 2.75) is 57.0 Å². The number of piperidine rings is 1. The summed E-state index contributed by atoms with van der Waals surface area (Å²) >= 11 is 0. The van der Waals surface area contributed by atoms with Crippen LogP contribution in [0.4, 0.5) is 0 Å². The fraction of sp³-hybridized carbons (Fsp3) is 0.296. The van der Waals surface area contributed by atoms with Gasteiger partial charge in [0, 0.05) is 55.3 Å². The largest absolute Gasteiger partial charge is 0.506 e. The Hall–Kier alpha value is -6.90. The van der Waals surface area contributed by atoms with Gasteiger partial charge in [0.05, 0.1) is 18.2 Å². The highest BCUT2D eigenvalue weighted by Gasteiger charge is 2.42. The Morgan fingerprint density at radius 2 is 1.55 bits per heavy atom. The van der Waals surface area contributed by atoms with E-state index in [0.717, 1.165) is 49.2 Å². The number of esters is 1. The summed E-state index contributed by atoms with van der Waals surface area (Å²) in [4.78, 5) is 59.3. The molecule has 0 unspecified atom stereocenters. The van der Waals surface area contributed by atoms with E-state index in [1.807, 2.05) is 36.4 Å². The first-order chi connectivity index (χ1) is 32.5. The van der Waals surface area contributed by atoms with Crippen LogP contribution in [-0.4, -0.2) is 93.3 Å². The van der Waals surface area contributed by atoms with E-state index < -0.39 is 23.7 Å². The zero-order chi connectivity index (χ0) is 46.9. The van der Waals surface area contributed by atoms with Crippen LogP contribution in [0.1, 0.15) is 76.0 Å². The highest BCUT2D eigenvalue weighted by molar-refractivity contribution is 5.97. The van der Waals surface area contributed by atoms with Crippen LogP contribution in [0.25, 0.3) is 16.5 Å². The number of aliphatic hydroxyl groups is 2. The Morgan fingerprint density at radius 3 is 2.27 bits per heavy atom. The van der Waals surface area contributed by atoms with Crippen molar-refractivity contribution in [1.82, 2.24) is 25.4 Å². The van der Waals surface area contributed by atoms with Crippen LogP contribution in [0.2, 0.25) is 0 Å². The smallest absolute Gasteiger partial charge is 0.347 e. The van der Waals surface area contributed by atoms with Gasteiger partial charge in [-0.3, -0.25) is 19.3 Å². The number of amides is 2. The van der Waals surface area contributed by atoms with E-state index in [9.17, 15) is 34.5 Å². The van der Waals surface area contributed by atoms with E-state index in [4.69, 9.17) is 4.74 Å². The molecule has 3 heterocycles. The quantitative estimate of drug-likeness (QED) is 0.0614. The molecule has 1 aromatic heterocycles. The monoisotopic (exact) mass is 903 g/mol. The van der Waals surface area contributed by atoms with E-state index in [1.165, 1.54) is 17.7 Å². The van der Waals surface area contributed by atoms with Crippen LogP contribution >= 0.6 is 0 Å². The van der Waals surface area contributed by atoms with Gasteiger partial charge in [-0.2, -0.15) is 0 Å². The summed E-state index contributed by atoms with van der Waals surface area (Å²) in [6, 6.07) is 38.8. The average Bonchev–Trinajstić information content (AvgIpc) is 3.36. The van der Waals surface area contributed by atoms with Crippen LogP contribution in [0.15, 0.2) is 144 Å². The molecule has 1 saturated heterocycles. The lowest BCUT2D eigenvalue weighted by atomic mass is 9.84. The molecule has 5 aromatic carbocycles. The number of H-pyrrole nitrogens is 1. The van der Waals surface area contributed by atoms with Gasteiger partial charge in [0.25, 0.3) is 5.91 Å². The first-order valence-corrected chi connectivity index (χ1v) is 22.9. The number of aromatic nitrogens is 1. The molecule has 13 nitrogen and oxygen atoms in total. The molecular formula is C54H57N5O8. The lowest BCUT2D eigenvalue weighted by molar-refractivity contribution is -0.164. The number of aromatic amines is 1. The second-order valence-corrected chi connectivity index (χ2v) is 17.5. The van der Waals surface area contributed by atoms with E-state index in [-0.39, 0.29) is 47.7 Å². The van der Waals surface area contributed by atoms with Gasteiger partial charge in [-0.05, 0) is 109 Å². The summed E-state index contributed by atoms with van der Waals surface area (Å²) in [5.41, 5.74) is 3.62. The molecule has 6 N–H and O–H groups in total. The Morgan fingerprint density at radius 1 is 0.836 bits per heavy atom. The molecular weight excluding hydrogens is 847 g/mol. The van der Waals surface area contributed by atoms with Gasteiger partial charge in [0.2, 0.25) is 17.1 Å². The topological polar surface area (TPSA) is 185 Å². The molecule has 2 aliphatic rings. The van der Waals surface area contributed by atoms with Crippen molar-refractivity contribution in [1.29, 1.82) is 0 Å². The lowest BCUT2D eigenvalue weighted by Crippen LogP contribution is -2.48. The van der Waals surface area contributed by atoms with E-state index in [1.54, 1.807) is 78.6 Å². The second-order valence-electron chi connectivity index (χ2n) is 17.5. The summed E-state index contributed by atoms with van der Waals surface area (Å²) in [5, 5.41) is 40.0. The number of hydrogen-bond acceptors (Lipinski definition) is 10. The second kappa shape index (κ2) is 21.2. The molecule has 0 radical (unpaired) electrons. The van der Waals surface area contributed by atoms with Crippen LogP contribution in [0.3, 0.4) is 0 Å². The standard InChI is InChI=1S/C54H57N5O8/c1-36(56-51(63)41-17-15-37(16-18-41)32-55-33-48(61)45-19-21-47(60)50-46(45)20-22-49(62)57-50)52(64)59-29-25-40(26-30-59)42-11-8-14-44(31-42)54(66,43-12-6-3-7-13-43)53(65)67-35-39-23-27-58(28-24-39)34-38-9-4-2-5-10-38/h2-22,25,31,36,39,48,55,60-61,66H,23-24,26-30,32-35H2,1H3,(H,56,63)(H,57,62)/t36-,48+,54+/m1/s1. The molecule has 1 fully saturated rings. The molecule has 8 rings (SSSR count). The minimum Gasteiger partial charge on any atom is -0.506 e. The first-order valence-electron chi connectivity index (χ1n) is 22.9. The highest BCUT2D eigenvalue weighted by atomic mass is 16.5. The van der Waals surface area contributed by atoms with Crippen molar-refractivity contribution in [2.24, 2.45) is 5.92 Å². The number of aromatic hydroxyl groups is 1. The van der Waals surface area contributed by atoms with Crippen molar-refractivity contribution in [3.05, 3.63) is 189 Å². The number of aliphatic hydroxyl groups excluding tert-OH is 1. The fourth-order valence-corrected chi connectivity index (χ4v) is 9.01. The van der Waals surface area contributed by atoms with Crippen molar-refractivity contribution in [3.8, 4) is 5.75 Å². The van der Waals surface area contributed by atoms with Crippen molar-refractivity contribution in [2.75, 3.05) is 39.3 Å². The number of benzene rings is 5. The average molecular weight is 904 g/mol. The molecule has 346 valence electrons. The summed E-state index contributed by atoms with van der Waals surface area (Å²) in [6.07, 6.45) is 3.39. The number of hydrogen-bond donors (Lipinski definition) is 6. The van der Waals surface area contributed by atoms with Crippen LogP contribution in [0, 0.1) is 5.92 Å². The van der Waals surface area contributed by atoms with Crippen molar-refractivity contribution < 1.29 is 34.4 Å². The van der Waals surface area contributed by atoms with Crippen LogP contribution < -0.4 is 16.2 Å². The number of carbonyl (C=O) groups is 3.